The normalized spacial score (nSPS) is 17.8. The van der Waals surface area contributed by atoms with Crippen molar-refractivity contribution in [1.29, 1.82) is 0 Å². The molecule has 0 spiro atoms. The summed E-state index contributed by atoms with van der Waals surface area (Å²) in [6.45, 7) is 0.530. The van der Waals surface area contributed by atoms with Gasteiger partial charge in [-0.25, -0.2) is 8.78 Å². The van der Waals surface area contributed by atoms with Crippen LogP contribution in [0.4, 0.5) is 8.78 Å². The number of likely N-dealkylation sites (tertiary alicyclic amines) is 1. The first kappa shape index (κ1) is 15.0. The Kier molecular flexibility index (Phi) is 4.12. The Balaban J connectivity index is 1.91. The van der Waals surface area contributed by atoms with Gasteiger partial charge in [0.05, 0.1) is 11.6 Å². The second kappa shape index (κ2) is 6.05. The first-order chi connectivity index (χ1) is 10.6. The summed E-state index contributed by atoms with van der Waals surface area (Å²) in [4.78, 5) is 14.2. The molecule has 0 N–H and O–H groups in total. The maximum Gasteiger partial charge on any atom is 0.257 e. The van der Waals surface area contributed by atoms with Gasteiger partial charge >= 0.3 is 0 Å². The van der Waals surface area contributed by atoms with Gasteiger partial charge in [0.25, 0.3) is 5.91 Å². The van der Waals surface area contributed by atoms with Gasteiger partial charge < -0.3 is 4.90 Å². The lowest BCUT2D eigenvalue weighted by Crippen LogP contribution is -2.31. The monoisotopic (exact) mass is 321 g/mol. The van der Waals surface area contributed by atoms with Crippen LogP contribution in [0.2, 0.25) is 5.02 Å². The molecule has 0 saturated carbocycles. The van der Waals surface area contributed by atoms with Crippen LogP contribution in [0.5, 0.6) is 0 Å². The number of carbonyl (C=O) groups excluding carboxylic acids is 1. The van der Waals surface area contributed by atoms with Gasteiger partial charge in [-0.2, -0.15) is 0 Å². The van der Waals surface area contributed by atoms with E-state index < -0.39 is 17.5 Å². The summed E-state index contributed by atoms with van der Waals surface area (Å²) >= 11 is 5.88. The van der Waals surface area contributed by atoms with Gasteiger partial charge in [0.1, 0.15) is 11.6 Å². The molecule has 5 heteroatoms. The van der Waals surface area contributed by atoms with Crippen LogP contribution in [0.15, 0.2) is 42.5 Å². The Morgan fingerprint density at radius 3 is 2.59 bits per heavy atom. The van der Waals surface area contributed by atoms with Gasteiger partial charge in [-0.1, -0.05) is 23.7 Å². The van der Waals surface area contributed by atoms with E-state index in [1.165, 1.54) is 0 Å². The summed E-state index contributed by atoms with van der Waals surface area (Å²) in [7, 11) is 0. The highest BCUT2D eigenvalue weighted by Gasteiger charge is 2.31. The van der Waals surface area contributed by atoms with Crippen LogP contribution < -0.4 is 0 Å². The van der Waals surface area contributed by atoms with Crippen molar-refractivity contribution in [2.45, 2.75) is 18.9 Å². The van der Waals surface area contributed by atoms with E-state index in [0.717, 1.165) is 36.6 Å². The summed E-state index contributed by atoms with van der Waals surface area (Å²) in [5.74, 6) is -1.80. The molecule has 0 bridgehead atoms. The number of carbonyl (C=O) groups is 1. The summed E-state index contributed by atoms with van der Waals surface area (Å²) < 4.78 is 27.1. The van der Waals surface area contributed by atoms with Gasteiger partial charge in [-0.3, -0.25) is 4.79 Å². The van der Waals surface area contributed by atoms with Gasteiger partial charge in [-0.15, -0.1) is 0 Å². The average molecular weight is 322 g/mol. The molecule has 3 rings (SSSR count). The van der Waals surface area contributed by atoms with Crippen LogP contribution in [-0.4, -0.2) is 17.4 Å². The van der Waals surface area contributed by atoms with Crippen LogP contribution in [0.3, 0.4) is 0 Å². The zero-order chi connectivity index (χ0) is 15.7. The highest BCUT2D eigenvalue weighted by atomic mass is 35.5. The van der Waals surface area contributed by atoms with E-state index in [1.807, 2.05) is 12.1 Å². The fourth-order valence-electron chi connectivity index (χ4n) is 2.86. The molecule has 1 aliphatic heterocycles. The Morgan fingerprint density at radius 2 is 1.86 bits per heavy atom. The van der Waals surface area contributed by atoms with E-state index in [1.54, 1.807) is 17.0 Å². The number of nitrogens with zero attached hydrogens (tertiary/aromatic N) is 1. The highest BCUT2D eigenvalue weighted by Crippen LogP contribution is 2.34. The second-order valence-electron chi connectivity index (χ2n) is 5.33. The van der Waals surface area contributed by atoms with Crippen LogP contribution in [-0.2, 0) is 0 Å². The quantitative estimate of drug-likeness (QED) is 0.792. The van der Waals surface area contributed by atoms with Crippen LogP contribution >= 0.6 is 11.6 Å². The first-order valence-electron chi connectivity index (χ1n) is 7.08. The second-order valence-corrected chi connectivity index (χ2v) is 5.77. The number of benzene rings is 2. The molecule has 1 heterocycles. The third-order valence-electron chi connectivity index (χ3n) is 3.93. The molecule has 1 atom stereocenters. The molecule has 1 fully saturated rings. The third-order valence-corrected chi connectivity index (χ3v) is 4.18. The summed E-state index contributed by atoms with van der Waals surface area (Å²) in [5, 5.41) is 0.621. The van der Waals surface area contributed by atoms with Crippen LogP contribution in [0.25, 0.3) is 0 Å². The first-order valence-corrected chi connectivity index (χ1v) is 7.45. The molecule has 2 aromatic rings. The van der Waals surface area contributed by atoms with Gasteiger partial charge in [0.15, 0.2) is 0 Å². The minimum absolute atomic E-state index is 0.132. The van der Waals surface area contributed by atoms with Crippen LogP contribution in [0, 0.1) is 11.6 Å². The van der Waals surface area contributed by atoms with Crippen molar-refractivity contribution in [2.75, 3.05) is 6.54 Å². The maximum atomic E-state index is 13.8. The molecule has 2 aromatic carbocycles. The van der Waals surface area contributed by atoms with E-state index in [-0.39, 0.29) is 11.6 Å². The smallest absolute Gasteiger partial charge is 0.257 e. The number of rotatable bonds is 2. The Morgan fingerprint density at radius 1 is 1.14 bits per heavy atom. The molecule has 22 heavy (non-hydrogen) atoms. The van der Waals surface area contributed by atoms with Crippen molar-refractivity contribution in [2.24, 2.45) is 0 Å². The van der Waals surface area contributed by atoms with Gasteiger partial charge in [0, 0.05) is 11.6 Å². The minimum Gasteiger partial charge on any atom is -0.332 e. The molecule has 1 unspecified atom stereocenters. The fourth-order valence-corrected chi connectivity index (χ4v) is 2.98. The zero-order valence-corrected chi connectivity index (χ0v) is 12.5. The highest BCUT2D eigenvalue weighted by molar-refractivity contribution is 6.30. The molecule has 0 aliphatic carbocycles. The molecule has 0 radical (unpaired) electrons. The minimum atomic E-state index is -0.701. The molecule has 114 valence electrons. The average Bonchev–Trinajstić information content (AvgIpc) is 2.99. The van der Waals surface area contributed by atoms with Crippen molar-refractivity contribution in [3.8, 4) is 0 Å². The zero-order valence-electron chi connectivity index (χ0n) is 11.7. The maximum absolute atomic E-state index is 13.8. The van der Waals surface area contributed by atoms with E-state index in [9.17, 15) is 13.6 Å². The number of halogens is 3. The number of hydrogen-bond acceptors (Lipinski definition) is 1. The molecule has 1 aliphatic rings. The molecule has 2 nitrogen and oxygen atoms in total. The lowest BCUT2D eigenvalue weighted by molar-refractivity contribution is 0.0730. The summed E-state index contributed by atoms with van der Waals surface area (Å²) in [5.41, 5.74) is 0.730. The van der Waals surface area contributed by atoms with Crippen molar-refractivity contribution in [3.05, 3.63) is 70.2 Å². The molecular weight excluding hydrogens is 308 g/mol. The summed E-state index contributed by atoms with van der Waals surface area (Å²) in [6, 6.07) is 10.1. The Bertz CT molecular complexity index is 702. The summed E-state index contributed by atoms with van der Waals surface area (Å²) in [6.07, 6.45) is 1.63. The van der Waals surface area contributed by atoms with Gasteiger partial charge in [0.2, 0.25) is 0 Å². The molecular formula is C17H14ClF2NO. The van der Waals surface area contributed by atoms with E-state index >= 15 is 0 Å². The van der Waals surface area contributed by atoms with Crippen molar-refractivity contribution >= 4 is 17.5 Å². The Hall–Kier alpha value is -1.94. The van der Waals surface area contributed by atoms with Crippen molar-refractivity contribution in [3.63, 3.8) is 0 Å². The van der Waals surface area contributed by atoms with E-state index in [0.29, 0.717) is 11.6 Å². The SMILES string of the molecule is O=C(c1cc(F)ccc1F)N1CCCC1c1ccc(Cl)cc1. The predicted octanol–water partition coefficient (Wildman–Crippen LogP) is 4.60. The van der Waals surface area contributed by atoms with Crippen LogP contribution in [0.1, 0.15) is 34.8 Å². The topological polar surface area (TPSA) is 20.3 Å². The van der Waals surface area contributed by atoms with Crippen molar-refractivity contribution < 1.29 is 13.6 Å². The predicted molar refractivity (Wildman–Crippen MR) is 80.8 cm³/mol. The standard InChI is InChI=1S/C17H14ClF2NO/c18-12-5-3-11(4-6-12)16-2-1-9-21(16)17(22)14-10-13(19)7-8-15(14)20/h3-8,10,16H,1-2,9H2. The third kappa shape index (κ3) is 2.83. The van der Waals surface area contributed by atoms with E-state index in [4.69, 9.17) is 11.6 Å². The lowest BCUT2D eigenvalue weighted by Gasteiger charge is -2.25. The Labute approximate surface area is 132 Å². The fraction of sp³-hybridized carbons (Fsp3) is 0.235. The van der Waals surface area contributed by atoms with E-state index in [2.05, 4.69) is 0 Å². The van der Waals surface area contributed by atoms with Gasteiger partial charge in [-0.05, 0) is 48.7 Å². The molecule has 0 aromatic heterocycles. The largest absolute Gasteiger partial charge is 0.332 e. The molecule has 1 amide bonds. The number of amides is 1. The molecule has 1 saturated heterocycles. The lowest BCUT2D eigenvalue weighted by atomic mass is 10.0. The number of hydrogen-bond donors (Lipinski definition) is 0. The van der Waals surface area contributed by atoms with Crippen molar-refractivity contribution in [1.82, 2.24) is 4.90 Å².